The van der Waals surface area contributed by atoms with Gasteiger partial charge in [-0.3, -0.25) is 9.69 Å². The zero-order valence-electron chi connectivity index (χ0n) is 12.1. The Morgan fingerprint density at radius 1 is 1.43 bits per heavy atom. The fourth-order valence-corrected chi connectivity index (χ4v) is 2.97. The van der Waals surface area contributed by atoms with Gasteiger partial charge in [0.2, 0.25) is 0 Å². The molecule has 0 aliphatic carbocycles. The van der Waals surface area contributed by atoms with E-state index in [0.717, 1.165) is 36.7 Å². The number of imidazole rings is 1. The lowest BCUT2D eigenvalue weighted by atomic mass is 9.97. The van der Waals surface area contributed by atoms with E-state index in [1.54, 1.807) is 0 Å². The molecule has 1 saturated heterocycles. The summed E-state index contributed by atoms with van der Waals surface area (Å²) in [4.78, 5) is 17.8. The van der Waals surface area contributed by atoms with Gasteiger partial charge in [-0.05, 0) is 45.0 Å². The van der Waals surface area contributed by atoms with Gasteiger partial charge in [0.1, 0.15) is 5.65 Å². The van der Waals surface area contributed by atoms with Crippen molar-refractivity contribution in [2.75, 3.05) is 18.8 Å². The number of nitrogens with zero attached hydrogens (tertiary/aromatic N) is 3. The van der Waals surface area contributed by atoms with Gasteiger partial charge in [0.25, 0.3) is 0 Å². The highest BCUT2D eigenvalue weighted by atomic mass is 16.4. The summed E-state index contributed by atoms with van der Waals surface area (Å²) in [5.74, 6) is -0.867. The quantitative estimate of drug-likeness (QED) is 0.894. The topological polar surface area (TPSA) is 83.9 Å². The molecule has 3 heterocycles. The molecule has 0 amide bonds. The van der Waals surface area contributed by atoms with Gasteiger partial charge in [-0.1, -0.05) is 0 Å². The van der Waals surface area contributed by atoms with Crippen LogP contribution in [-0.4, -0.2) is 38.4 Å². The predicted octanol–water partition coefficient (Wildman–Crippen LogP) is 1.52. The van der Waals surface area contributed by atoms with Crippen molar-refractivity contribution in [3.8, 4) is 0 Å². The summed E-state index contributed by atoms with van der Waals surface area (Å²) in [5.41, 5.74) is 9.60. The van der Waals surface area contributed by atoms with E-state index in [2.05, 4.69) is 9.88 Å². The Kier molecular flexibility index (Phi) is 3.55. The first-order valence-electron chi connectivity index (χ1n) is 7.23. The van der Waals surface area contributed by atoms with E-state index < -0.39 is 5.97 Å². The molecule has 112 valence electrons. The van der Waals surface area contributed by atoms with Gasteiger partial charge >= 0.3 is 5.97 Å². The molecule has 21 heavy (non-hydrogen) atoms. The first-order valence-corrected chi connectivity index (χ1v) is 7.23. The number of piperidine rings is 1. The predicted molar refractivity (Wildman–Crippen MR) is 80.0 cm³/mol. The molecule has 6 nitrogen and oxygen atoms in total. The number of pyridine rings is 1. The number of anilines is 1. The van der Waals surface area contributed by atoms with Gasteiger partial charge in [-0.25, -0.2) is 4.98 Å². The van der Waals surface area contributed by atoms with Gasteiger partial charge in [-0.2, -0.15) is 0 Å². The average molecular weight is 288 g/mol. The number of carbonyl (C=O) groups is 1. The third-order valence-corrected chi connectivity index (χ3v) is 4.25. The summed E-state index contributed by atoms with van der Waals surface area (Å²) in [6.07, 6.45) is 3.33. The molecule has 1 aliphatic rings. The molecule has 2 aromatic heterocycles. The van der Waals surface area contributed by atoms with Crippen molar-refractivity contribution in [1.82, 2.24) is 14.3 Å². The Labute approximate surface area is 123 Å². The highest BCUT2D eigenvalue weighted by molar-refractivity contribution is 5.70. The summed E-state index contributed by atoms with van der Waals surface area (Å²) in [6, 6.07) is 3.77. The molecule has 0 radical (unpaired) electrons. The highest BCUT2D eigenvalue weighted by Gasteiger charge is 2.25. The number of carboxylic acid groups (broad SMARTS) is 1. The standard InChI is InChI=1S/C15H20N4O2/c1-10-13(19-8-12(16)2-3-14(19)17-10)9-18-6-4-11(5-7-18)15(20)21/h2-3,8,11H,4-7,9,16H2,1H3,(H,20,21). The SMILES string of the molecule is Cc1nc2ccc(N)cn2c1CN1CCC(C(=O)O)CC1. The molecule has 0 unspecified atom stereocenters. The Hall–Kier alpha value is -2.08. The number of carboxylic acids is 1. The molecule has 1 fully saturated rings. The maximum Gasteiger partial charge on any atom is 0.306 e. The van der Waals surface area contributed by atoms with E-state index >= 15 is 0 Å². The number of rotatable bonds is 3. The lowest BCUT2D eigenvalue weighted by molar-refractivity contribution is -0.143. The Bertz CT molecular complexity index is 672. The number of aliphatic carboxylic acids is 1. The molecule has 0 saturated carbocycles. The Morgan fingerprint density at radius 3 is 2.81 bits per heavy atom. The number of hydrogen-bond acceptors (Lipinski definition) is 4. The fourth-order valence-electron chi connectivity index (χ4n) is 2.97. The summed E-state index contributed by atoms with van der Waals surface area (Å²) < 4.78 is 2.04. The zero-order chi connectivity index (χ0) is 15.0. The van der Waals surface area contributed by atoms with Crippen molar-refractivity contribution >= 4 is 17.3 Å². The molecule has 0 aromatic carbocycles. The number of aromatic nitrogens is 2. The summed E-state index contributed by atoms with van der Waals surface area (Å²) in [5, 5.41) is 9.05. The van der Waals surface area contributed by atoms with Crippen LogP contribution in [0.5, 0.6) is 0 Å². The van der Waals surface area contributed by atoms with E-state index in [9.17, 15) is 4.79 Å². The van der Waals surface area contributed by atoms with Crippen LogP contribution in [0.2, 0.25) is 0 Å². The molecular formula is C15H20N4O2. The maximum atomic E-state index is 11.0. The number of likely N-dealkylation sites (tertiary alicyclic amines) is 1. The summed E-state index contributed by atoms with van der Waals surface area (Å²) in [6.45, 7) is 4.41. The second-order valence-corrected chi connectivity index (χ2v) is 5.72. The number of fused-ring (bicyclic) bond motifs is 1. The number of nitrogen functional groups attached to an aromatic ring is 1. The molecule has 6 heteroatoms. The normalized spacial score (nSPS) is 17.4. The third-order valence-electron chi connectivity index (χ3n) is 4.25. The summed E-state index contributed by atoms with van der Waals surface area (Å²) >= 11 is 0. The molecule has 3 N–H and O–H groups in total. The number of nitrogens with two attached hydrogens (primary N) is 1. The molecule has 0 spiro atoms. The van der Waals surface area contributed by atoms with Crippen molar-refractivity contribution in [2.24, 2.45) is 5.92 Å². The monoisotopic (exact) mass is 288 g/mol. The van der Waals surface area contributed by atoms with Crippen LogP contribution < -0.4 is 5.73 Å². The molecule has 1 aliphatic heterocycles. The minimum absolute atomic E-state index is 0.194. The van der Waals surface area contributed by atoms with E-state index in [1.165, 1.54) is 0 Å². The van der Waals surface area contributed by atoms with Crippen LogP contribution in [0.4, 0.5) is 5.69 Å². The van der Waals surface area contributed by atoms with Crippen LogP contribution in [0.25, 0.3) is 5.65 Å². The summed E-state index contributed by atoms with van der Waals surface area (Å²) in [7, 11) is 0. The van der Waals surface area contributed by atoms with Crippen LogP contribution in [0.1, 0.15) is 24.2 Å². The van der Waals surface area contributed by atoms with E-state index in [-0.39, 0.29) is 5.92 Å². The highest BCUT2D eigenvalue weighted by Crippen LogP contribution is 2.21. The lowest BCUT2D eigenvalue weighted by Crippen LogP contribution is -2.36. The van der Waals surface area contributed by atoms with E-state index in [1.807, 2.05) is 29.7 Å². The van der Waals surface area contributed by atoms with Gasteiger partial charge in [0.15, 0.2) is 0 Å². The van der Waals surface area contributed by atoms with E-state index in [4.69, 9.17) is 10.8 Å². The van der Waals surface area contributed by atoms with Crippen molar-refractivity contribution < 1.29 is 9.90 Å². The van der Waals surface area contributed by atoms with Crippen molar-refractivity contribution in [2.45, 2.75) is 26.3 Å². The van der Waals surface area contributed by atoms with Crippen molar-refractivity contribution in [1.29, 1.82) is 0 Å². The Balaban J connectivity index is 1.78. The largest absolute Gasteiger partial charge is 0.481 e. The minimum Gasteiger partial charge on any atom is -0.481 e. The minimum atomic E-state index is -0.673. The van der Waals surface area contributed by atoms with Gasteiger partial charge in [0, 0.05) is 18.4 Å². The Morgan fingerprint density at radius 2 is 2.14 bits per heavy atom. The first kappa shape index (κ1) is 13.9. The molecule has 3 rings (SSSR count). The molecular weight excluding hydrogens is 268 g/mol. The van der Waals surface area contributed by atoms with Crippen molar-refractivity contribution in [3.05, 3.63) is 29.7 Å². The number of hydrogen-bond donors (Lipinski definition) is 2. The van der Waals surface area contributed by atoms with Crippen LogP contribution in [-0.2, 0) is 11.3 Å². The lowest BCUT2D eigenvalue weighted by Gasteiger charge is -2.29. The van der Waals surface area contributed by atoms with Crippen LogP contribution in [0, 0.1) is 12.8 Å². The average Bonchev–Trinajstić information content (AvgIpc) is 2.76. The van der Waals surface area contributed by atoms with Crippen LogP contribution in [0.15, 0.2) is 18.3 Å². The maximum absolute atomic E-state index is 11.0. The number of aryl methyl sites for hydroxylation is 1. The van der Waals surface area contributed by atoms with Gasteiger partial charge < -0.3 is 15.2 Å². The second kappa shape index (κ2) is 5.37. The van der Waals surface area contributed by atoms with Gasteiger partial charge in [0.05, 0.1) is 17.3 Å². The van der Waals surface area contributed by atoms with Crippen LogP contribution in [0.3, 0.4) is 0 Å². The van der Waals surface area contributed by atoms with Crippen LogP contribution >= 0.6 is 0 Å². The van der Waals surface area contributed by atoms with Crippen molar-refractivity contribution in [3.63, 3.8) is 0 Å². The smallest absolute Gasteiger partial charge is 0.306 e. The third kappa shape index (κ3) is 2.71. The van der Waals surface area contributed by atoms with E-state index in [0.29, 0.717) is 18.5 Å². The second-order valence-electron chi connectivity index (χ2n) is 5.72. The molecule has 2 aromatic rings. The van der Waals surface area contributed by atoms with Gasteiger partial charge in [-0.15, -0.1) is 0 Å². The molecule has 0 atom stereocenters. The molecule has 0 bridgehead atoms. The first-order chi connectivity index (χ1) is 10.0. The zero-order valence-corrected chi connectivity index (χ0v) is 12.1. The fraction of sp³-hybridized carbons (Fsp3) is 0.467.